The van der Waals surface area contributed by atoms with E-state index in [0.717, 1.165) is 31.7 Å². The molecule has 4 heteroatoms. The number of nitrogens with zero attached hydrogens (tertiary/aromatic N) is 1. The first-order valence-corrected chi connectivity index (χ1v) is 5.14. The fraction of sp³-hybridized carbons (Fsp3) is 0.900. The molecule has 2 N–H and O–H groups in total. The zero-order valence-corrected chi connectivity index (χ0v) is 9.08. The van der Waals surface area contributed by atoms with Gasteiger partial charge in [0.05, 0.1) is 19.0 Å². The van der Waals surface area contributed by atoms with Crippen molar-refractivity contribution in [3.63, 3.8) is 0 Å². The van der Waals surface area contributed by atoms with Crippen LogP contribution in [0.25, 0.3) is 0 Å². The van der Waals surface area contributed by atoms with Crippen molar-refractivity contribution in [3.8, 4) is 0 Å². The Bertz CT molecular complexity index is 198. The van der Waals surface area contributed by atoms with E-state index in [-0.39, 0.29) is 5.60 Å². The maximum atomic E-state index is 5.73. The van der Waals surface area contributed by atoms with Gasteiger partial charge in [-0.25, -0.2) is 0 Å². The van der Waals surface area contributed by atoms with Crippen molar-refractivity contribution in [2.45, 2.75) is 31.8 Å². The van der Waals surface area contributed by atoms with E-state index in [4.69, 9.17) is 15.2 Å². The number of hydrogen-bond donors (Lipinski definition) is 1. The second kappa shape index (κ2) is 5.32. The SMILES string of the molecule is CCCC(N)=NCC1(OC)CCOC1. The zero-order chi connectivity index (χ0) is 10.4. The molecule has 4 nitrogen and oxygen atoms in total. The molecule has 82 valence electrons. The smallest absolute Gasteiger partial charge is 0.113 e. The van der Waals surface area contributed by atoms with Crippen LogP contribution in [0.15, 0.2) is 4.99 Å². The molecule has 0 aliphatic carbocycles. The maximum Gasteiger partial charge on any atom is 0.113 e. The highest BCUT2D eigenvalue weighted by molar-refractivity contribution is 5.80. The Kier molecular flexibility index (Phi) is 4.35. The number of methoxy groups -OCH3 is 1. The topological polar surface area (TPSA) is 56.8 Å². The average Bonchev–Trinajstić information content (AvgIpc) is 2.65. The molecule has 0 aromatic rings. The number of amidine groups is 1. The lowest BCUT2D eigenvalue weighted by Gasteiger charge is -2.23. The summed E-state index contributed by atoms with van der Waals surface area (Å²) in [6, 6.07) is 0. The fourth-order valence-electron chi connectivity index (χ4n) is 1.52. The lowest BCUT2D eigenvalue weighted by Crippen LogP contribution is -2.36. The first-order chi connectivity index (χ1) is 6.72. The summed E-state index contributed by atoms with van der Waals surface area (Å²) in [5.74, 6) is 0.718. The van der Waals surface area contributed by atoms with Crippen molar-refractivity contribution in [3.05, 3.63) is 0 Å². The van der Waals surface area contributed by atoms with E-state index in [2.05, 4.69) is 11.9 Å². The lowest BCUT2D eigenvalue weighted by atomic mass is 10.0. The molecule has 0 aromatic carbocycles. The lowest BCUT2D eigenvalue weighted by molar-refractivity contribution is -0.00903. The molecule has 14 heavy (non-hydrogen) atoms. The van der Waals surface area contributed by atoms with Gasteiger partial charge in [-0.2, -0.15) is 0 Å². The summed E-state index contributed by atoms with van der Waals surface area (Å²) in [5.41, 5.74) is 5.51. The molecule has 0 amide bonds. The summed E-state index contributed by atoms with van der Waals surface area (Å²) in [6.45, 7) is 4.10. The van der Waals surface area contributed by atoms with Crippen LogP contribution in [0, 0.1) is 0 Å². The molecule has 1 atom stereocenters. The van der Waals surface area contributed by atoms with Gasteiger partial charge in [-0.1, -0.05) is 6.92 Å². The largest absolute Gasteiger partial charge is 0.387 e. The van der Waals surface area contributed by atoms with Gasteiger partial charge < -0.3 is 15.2 Å². The van der Waals surface area contributed by atoms with Crippen molar-refractivity contribution in [2.24, 2.45) is 10.7 Å². The van der Waals surface area contributed by atoms with Crippen LogP contribution in [0.4, 0.5) is 0 Å². The zero-order valence-electron chi connectivity index (χ0n) is 9.08. The molecule has 1 fully saturated rings. The first-order valence-electron chi connectivity index (χ1n) is 5.14. The highest BCUT2D eigenvalue weighted by atomic mass is 16.5. The molecule has 0 radical (unpaired) electrons. The van der Waals surface area contributed by atoms with Crippen LogP contribution in [0.3, 0.4) is 0 Å². The number of rotatable bonds is 5. The molecular weight excluding hydrogens is 180 g/mol. The van der Waals surface area contributed by atoms with Gasteiger partial charge in [-0.15, -0.1) is 0 Å². The van der Waals surface area contributed by atoms with E-state index in [1.165, 1.54) is 0 Å². The van der Waals surface area contributed by atoms with Gasteiger partial charge in [-0.3, -0.25) is 4.99 Å². The van der Waals surface area contributed by atoms with Crippen molar-refractivity contribution >= 4 is 5.84 Å². The molecule has 1 rings (SSSR count). The predicted octanol–water partition coefficient (Wildman–Crippen LogP) is 0.949. The molecule has 1 saturated heterocycles. The standard InChI is InChI=1S/C10H20N2O2/c1-3-4-9(11)12-7-10(13-2)5-6-14-8-10/h3-8H2,1-2H3,(H2,11,12). The van der Waals surface area contributed by atoms with Crippen molar-refractivity contribution in [1.29, 1.82) is 0 Å². The Morgan fingerprint density at radius 1 is 1.64 bits per heavy atom. The fourth-order valence-corrected chi connectivity index (χ4v) is 1.52. The third-order valence-corrected chi connectivity index (χ3v) is 2.58. The minimum absolute atomic E-state index is 0.224. The summed E-state index contributed by atoms with van der Waals surface area (Å²) >= 11 is 0. The minimum Gasteiger partial charge on any atom is -0.387 e. The summed E-state index contributed by atoms with van der Waals surface area (Å²) in [6.07, 6.45) is 2.80. The highest BCUT2D eigenvalue weighted by Crippen LogP contribution is 2.22. The van der Waals surface area contributed by atoms with Gasteiger partial charge in [0.1, 0.15) is 5.60 Å². The summed E-state index contributed by atoms with van der Waals surface area (Å²) in [5, 5.41) is 0. The summed E-state index contributed by atoms with van der Waals surface area (Å²) < 4.78 is 10.7. The van der Waals surface area contributed by atoms with Crippen LogP contribution in [-0.4, -0.2) is 38.3 Å². The minimum atomic E-state index is -0.224. The normalized spacial score (nSPS) is 28.3. The summed E-state index contributed by atoms with van der Waals surface area (Å²) in [4.78, 5) is 4.33. The number of ether oxygens (including phenoxy) is 2. The van der Waals surface area contributed by atoms with Gasteiger partial charge in [-0.05, 0) is 6.42 Å². The molecule has 0 spiro atoms. The Labute approximate surface area is 85.5 Å². The van der Waals surface area contributed by atoms with E-state index in [1.54, 1.807) is 7.11 Å². The first kappa shape index (κ1) is 11.5. The monoisotopic (exact) mass is 200 g/mol. The number of aliphatic imine (C=N–C) groups is 1. The number of hydrogen-bond acceptors (Lipinski definition) is 3. The molecular formula is C10H20N2O2. The average molecular weight is 200 g/mol. The molecule has 1 heterocycles. The summed E-state index contributed by atoms with van der Waals surface area (Å²) in [7, 11) is 1.71. The second-order valence-corrected chi connectivity index (χ2v) is 3.75. The quantitative estimate of drug-likeness (QED) is 0.531. The van der Waals surface area contributed by atoms with Gasteiger partial charge in [0.25, 0.3) is 0 Å². The molecule has 1 aliphatic heterocycles. The Hall–Kier alpha value is -0.610. The van der Waals surface area contributed by atoms with Gasteiger partial charge in [0.15, 0.2) is 0 Å². The molecule has 0 bridgehead atoms. The van der Waals surface area contributed by atoms with Crippen LogP contribution >= 0.6 is 0 Å². The van der Waals surface area contributed by atoms with Crippen LogP contribution in [0.1, 0.15) is 26.2 Å². The Balaban J connectivity index is 2.44. The van der Waals surface area contributed by atoms with Crippen LogP contribution in [0.2, 0.25) is 0 Å². The Morgan fingerprint density at radius 3 is 2.93 bits per heavy atom. The van der Waals surface area contributed by atoms with Crippen LogP contribution in [0.5, 0.6) is 0 Å². The number of nitrogens with two attached hydrogens (primary N) is 1. The second-order valence-electron chi connectivity index (χ2n) is 3.75. The predicted molar refractivity (Wildman–Crippen MR) is 56.6 cm³/mol. The Morgan fingerprint density at radius 2 is 2.43 bits per heavy atom. The van der Waals surface area contributed by atoms with Gasteiger partial charge >= 0.3 is 0 Å². The van der Waals surface area contributed by atoms with E-state index < -0.39 is 0 Å². The van der Waals surface area contributed by atoms with Gasteiger partial charge in [0.2, 0.25) is 0 Å². The highest BCUT2D eigenvalue weighted by Gasteiger charge is 2.34. The molecule has 0 aromatic heterocycles. The van der Waals surface area contributed by atoms with E-state index in [0.29, 0.717) is 13.2 Å². The van der Waals surface area contributed by atoms with Crippen molar-refractivity contribution < 1.29 is 9.47 Å². The van der Waals surface area contributed by atoms with Gasteiger partial charge in [0, 0.05) is 26.6 Å². The van der Waals surface area contributed by atoms with Crippen LogP contribution < -0.4 is 5.73 Å². The van der Waals surface area contributed by atoms with E-state index in [1.807, 2.05) is 0 Å². The van der Waals surface area contributed by atoms with Crippen molar-refractivity contribution in [2.75, 3.05) is 26.9 Å². The molecule has 1 unspecified atom stereocenters. The maximum absolute atomic E-state index is 5.73. The molecule has 0 saturated carbocycles. The van der Waals surface area contributed by atoms with Crippen LogP contribution in [-0.2, 0) is 9.47 Å². The van der Waals surface area contributed by atoms with E-state index >= 15 is 0 Å². The third kappa shape index (κ3) is 2.96. The molecule has 1 aliphatic rings. The van der Waals surface area contributed by atoms with E-state index in [9.17, 15) is 0 Å². The van der Waals surface area contributed by atoms with Crippen molar-refractivity contribution in [1.82, 2.24) is 0 Å². The third-order valence-electron chi connectivity index (χ3n) is 2.58.